The van der Waals surface area contributed by atoms with E-state index < -0.39 is 23.2 Å². The van der Waals surface area contributed by atoms with Gasteiger partial charge >= 0.3 is 6.18 Å². The van der Waals surface area contributed by atoms with Gasteiger partial charge in [-0.15, -0.1) is 0 Å². The molecule has 12 heteroatoms. The van der Waals surface area contributed by atoms with Crippen LogP contribution < -0.4 is 15.6 Å². The fourth-order valence-corrected chi connectivity index (χ4v) is 4.94. The number of H-pyrrole nitrogens is 1. The van der Waals surface area contributed by atoms with E-state index in [4.69, 9.17) is 21.3 Å². The third-order valence-electron chi connectivity index (χ3n) is 5.72. The largest absolute Gasteiger partial charge is 0.495 e. The van der Waals surface area contributed by atoms with Crippen LogP contribution in [0.25, 0.3) is 27.6 Å². The van der Waals surface area contributed by atoms with Crippen LogP contribution in [0.4, 0.5) is 18.9 Å². The van der Waals surface area contributed by atoms with E-state index >= 15 is 0 Å². The molecule has 2 aromatic heterocycles. The van der Waals surface area contributed by atoms with Crippen LogP contribution in [0.5, 0.6) is 5.75 Å². The number of nitrogens with zero attached hydrogens (tertiary/aromatic N) is 2. The molecule has 2 N–H and O–H groups in total. The van der Waals surface area contributed by atoms with E-state index in [2.05, 4.69) is 10.3 Å². The molecule has 0 atom stereocenters. The maximum atomic E-state index is 13.7. The first-order valence-electron chi connectivity index (χ1n) is 11.1. The van der Waals surface area contributed by atoms with Crippen molar-refractivity contribution in [3.63, 3.8) is 0 Å². The second kappa shape index (κ2) is 10.1. The van der Waals surface area contributed by atoms with E-state index in [1.54, 1.807) is 24.3 Å². The van der Waals surface area contributed by atoms with Gasteiger partial charge in [-0.2, -0.15) is 13.2 Å². The van der Waals surface area contributed by atoms with Gasteiger partial charge in [0.15, 0.2) is 5.16 Å². The summed E-state index contributed by atoms with van der Waals surface area (Å²) in [6.07, 6.45) is -4.59. The Bertz CT molecular complexity index is 1750. The van der Waals surface area contributed by atoms with Gasteiger partial charge in [0.05, 0.1) is 34.8 Å². The number of amides is 1. The summed E-state index contributed by atoms with van der Waals surface area (Å²) in [7, 11) is 1.47. The standard InChI is InChI=1S/C26H18ClF3N4O3S/c1-37-20-9-5-4-8-19(20)34-24(36)23-22(15-6-2-3-7-17(15)32-23)33-25(34)38-13-21(35)31-18-12-14(26(28,29)30)10-11-16(18)27/h2-12,32H,13H2,1H3,(H,31,35). The van der Waals surface area contributed by atoms with E-state index in [1.165, 1.54) is 11.7 Å². The number of alkyl halides is 3. The van der Waals surface area contributed by atoms with Crippen LogP contribution in [0.3, 0.4) is 0 Å². The summed E-state index contributed by atoms with van der Waals surface area (Å²) in [6.45, 7) is 0. The maximum absolute atomic E-state index is 13.7. The van der Waals surface area contributed by atoms with Crippen molar-refractivity contribution in [3.05, 3.63) is 87.7 Å². The lowest BCUT2D eigenvalue weighted by Gasteiger charge is -2.15. The molecular formula is C26H18ClF3N4O3S. The Labute approximate surface area is 222 Å². The van der Waals surface area contributed by atoms with Crippen LogP contribution in [0.2, 0.25) is 5.02 Å². The summed E-state index contributed by atoms with van der Waals surface area (Å²) in [5, 5.41) is 3.30. The molecule has 0 saturated heterocycles. The van der Waals surface area contributed by atoms with Crippen molar-refractivity contribution in [2.45, 2.75) is 11.3 Å². The summed E-state index contributed by atoms with van der Waals surface area (Å²) in [5.41, 5.74) is 0.326. The topological polar surface area (TPSA) is 89.0 Å². The average Bonchev–Trinajstić information content (AvgIpc) is 3.27. The first-order valence-corrected chi connectivity index (χ1v) is 12.5. The number of methoxy groups -OCH3 is 1. The first-order chi connectivity index (χ1) is 18.2. The summed E-state index contributed by atoms with van der Waals surface area (Å²) < 4.78 is 46.1. The Balaban J connectivity index is 1.54. The average molecular weight is 559 g/mol. The predicted molar refractivity (Wildman–Crippen MR) is 142 cm³/mol. The molecule has 0 aliphatic rings. The van der Waals surface area contributed by atoms with Gasteiger partial charge in [0.2, 0.25) is 5.91 Å². The van der Waals surface area contributed by atoms with Crippen LogP contribution in [-0.4, -0.2) is 33.3 Å². The van der Waals surface area contributed by atoms with Gasteiger partial charge in [-0.1, -0.05) is 53.7 Å². The lowest BCUT2D eigenvalue weighted by molar-refractivity contribution is -0.137. The van der Waals surface area contributed by atoms with Gasteiger partial charge in [-0.3, -0.25) is 9.59 Å². The van der Waals surface area contributed by atoms with Crippen molar-refractivity contribution in [1.82, 2.24) is 14.5 Å². The number of aromatic nitrogens is 3. The fourth-order valence-electron chi connectivity index (χ4n) is 3.98. The highest BCUT2D eigenvalue weighted by molar-refractivity contribution is 7.99. The minimum atomic E-state index is -4.59. The fraction of sp³-hybridized carbons (Fsp3) is 0.115. The van der Waals surface area contributed by atoms with Crippen LogP contribution >= 0.6 is 23.4 Å². The van der Waals surface area contributed by atoms with E-state index in [9.17, 15) is 22.8 Å². The zero-order valence-corrected chi connectivity index (χ0v) is 21.2. The molecule has 0 radical (unpaired) electrons. The van der Waals surface area contributed by atoms with Crippen LogP contribution in [0.15, 0.2) is 76.7 Å². The molecule has 2 heterocycles. The number of hydrogen-bond acceptors (Lipinski definition) is 5. The number of anilines is 1. The molecule has 5 rings (SSSR count). The lowest BCUT2D eigenvalue weighted by atomic mass is 10.2. The highest BCUT2D eigenvalue weighted by atomic mass is 35.5. The van der Waals surface area contributed by atoms with Crippen molar-refractivity contribution < 1.29 is 22.7 Å². The number of rotatable bonds is 6. The molecule has 7 nitrogen and oxygen atoms in total. The zero-order valence-electron chi connectivity index (χ0n) is 19.6. The maximum Gasteiger partial charge on any atom is 0.416 e. The summed E-state index contributed by atoms with van der Waals surface area (Å²) in [5.74, 6) is -0.479. The Morgan fingerprint density at radius 2 is 1.87 bits per heavy atom. The minimum absolute atomic E-state index is 0.0411. The van der Waals surface area contributed by atoms with Gasteiger partial charge in [-0.25, -0.2) is 9.55 Å². The highest BCUT2D eigenvalue weighted by Crippen LogP contribution is 2.34. The third-order valence-corrected chi connectivity index (χ3v) is 6.99. The molecule has 0 aliphatic carbocycles. The number of benzene rings is 3. The second-order valence-electron chi connectivity index (χ2n) is 8.13. The van der Waals surface area contributed by atoms with Gasteiger partial charge in [0, 0.05) is 10.9 Å². The molecule has 0 spiro atoms. The van der Waals surface area contributed by atoms with E-state index in [0.29, 0.717) is 17.0 Å². The number of thioether (sulfide) groups is 1. The van der Waals surface area contributed by atoms with E-state index in [0.717, 1.165) is 40.9 Å². The number of carbonyl (C=O) groups is 1. The Hall–Kier alpha value is -3.96. The van der Waals surface area contributed by atoms with Crippen molar-refractivity contribution in [3.8, 4) is 11.4 Å². The van der Waals surface area contributed by atoms with E-state index in [-0.39, 0.29) is 27.1 Å². The lowest BCUT2D eigenvalue weighted by Crippen LogP contribution is -2.23. The van der Waals surface area contributed by atoms with Crippen molar-refractivity contribution in [2.75, 3.05) is 18.2 Å². The minimum Gasteiger partial charge on any atom is -0.495 e. The molecule has 0 fully saturated rings. The van der Waals surface area contributed by atoms with Gasteiger partial charge in [0.25, 0.3) is 5.56 Å². The highest BCUT2D eigenvalue weighted by Gasteiger charge is 2.31. The van der Waals surface area contributed by atoms with E-state index in [1.807, 2.05) is 24.3 Å². The number of aromatic amines is 1. The van der Waals surface area contributed by atoms with Crippen molar-refractivity contribution >= 4 is 56.9 Å². The number of para-hydroxylation sites is 3. The summed E-state index contributed by atoms with van der Waals surface area (Å²) >= 11 is 6.96. The molecule has 3 aromatic carbocycles. The van der Waals surface area contributed by atoms with Gasteiger partial charge < -0.3 is 15.0 Å². The second-order valence-corrected chi connectivity index (χ2v) is 9.48. The SMILES string of the molecule is COc1ccccc1-n1c(SCC(=O)Nc2cc(C(F)(F)F)ccc2Cl)nc2c([nH]c3ccccc32)c1=O. The number of ether oxygens (including phenoxy) is 1. The number of nitrogens with one attached hydrogen (secondary N) is 2. The molecule has 5 aromatic rings. The quantitative estimate of drug-likeness (QED) is 0.189. The summed E-state index contributed by atoms with van der Waals surface area (Å²) in [4.78, 5) is 34.3. The molecule has 0 bridgehead atoms. The zero-order chi connectivity index (χ0) is 27.0. The van der Waals surface area contributed by atoms with Crippen LogP contribution in [0, 0.1) is 0 Å². The van der Waals surface area contributed by atoms with Crippen LogP contribution in [-0.2, 0) is 11.0 Å². The molecule has 0 unspecified atom stereocenters. The summed E-state index contributed by atoms with van der Waals surface area (Å²) in [6, 6.07) is 16.8. The molecular weight excluding hydrogens is 541 g/mol. The van der Waals surface area contributed by atoms with Crippen molar-refractivity contribution in [2.24, 2.45) is 0 Å². The van der Waals surface area contributed by atoms with Crippen molar-refractivity contribution in [1.29, 1.82) is 0 Å². The smallest absolute Gasteiger partial charge is 0.416 e. The first kappa shape index (κ1) is 25.7. The number of carbonyl (C=O) groups excluding carboxylic acids is 1. The Morgan fingerprint density at radius 1 is 1.13 bits per heavy atom. The number of fused-ring (bicyclic) bond motifs is 3. The molecule has 194 valence electrons. The Kier molecular flexibility index (Phi) is 6.80. The molecule has 0 saturated carbocycles. The Morgan fingerprint density at radius 3 is 2.63 bits per heavy atom. The number of hydrogen-bond donors (Lipinski definition) is 2. The number of halogens is 4. The molecule has 0 aliphatic heterocycles. The van der Waals surface area contributed by atoms with Crippen LogP contribution in [0.1, 0.15) is 5.56 Å². The van der Waals surface area contributed by atoms with Gasteiger partial charge in [0.1, 0.15) is 16.8 Å². The molecule has 1 amide bonds. The predicted octanol–water partition coefficient (Wildman–Crippen LogP) is 6.28. The monoisotopic (exact) mass is 558 g/mol. The normalized spacial score (nSPS) is 11.7. The molecule has 38 heavy (non-hydrogen) atoms. The van der Waals surface area contributed by atoms with Gasteiger partial charge in [-0.05, 0) is 36.4 Å². The third kappa shape index (κ3) is 4.82.